The summed E-state index contributed by atoms with van der Waals surface area (Å²) in [6, 6.07) is 7.70. The number of hydrogen-bond acceptors (Lipinski definition) is 2. The van der Waals surface area contributed by atoms with Crippen LogP contribution in [0.4, 0.5) is 0 Å². The van der Waals surface area contributed by atoms with Gasteiger partial charge in [0.15, 0.2) is 0 Å². The highest BCUT2D eigenvalue weighted by Crippen LogP contribution is 2.29. The fourth-order valence-corrected chi connectivity index (χ4v) is 2.11. The summed E-state index contributed by atoms with van der Waals surface area (Å²) in [6.07, 6.45) is 3.01. The normalized spacial score (nSPS) is 10.3. The molecule has 0 aliphatic carbocycles. The van der Waals surface area contributed by atoms with Crippen LogP contribution in [0.25, 0.3) is 11.3 Å². The Morgan fingerprint density at radius 2 is 2.17 bits per heavy atom. The van der Waals surface area contributed by atoms with Gasteiger partial charge in [0.1, 0.15) is 6.07 Å². The van der Waals surface area contributed by atoms with Gasteiger partial charge in [0.25, 0.3) is 0 Å². The molecule has 2 aromatic rings. The van der Waals surface area contributed by atoms with Gasteiger partial charge in [-0.25, -0.2) is 0 Å². The molecule has 0 spiro atoms. The molecule has 0 saturated heterocycles. The van der Waals surface area contributed by atoms with Crippen molar-refractivity contribution < 1.29 is 0 Å². The van der Waals surface area contributed by atoms with Crippen LogP contribution in [0, 0.1) is 18.3 Å². The van der Waals surface area contributed by atoms with Crippen molar-refractivity contribution in [2.24, 2.45) is 0 Å². The van der Waals surface area contributed by atoms with E-state index in [1.807, 2.05) is 29.9 Å². The van der Waals surface area contributed by atoms with Crippen molar-refractivity contribution in [3.63, 3.8) is 0 Å². The van der Waals surface area contributed by atoms with E-state index in [0.29, 0.717) is 10.6 Å². The van der Waals surface area contributed by atoms with Crippen LogP contribution in [0.5, 0.6) is 0 Å². The van der Waals surface area contributed by atoms with Gasteiger partial charge in [0, 0.05) is 18.3 Å². The van der Waals surface area contributed by atoms with Crippen LogP contribution in [0.15, 0.2) is 24.4 Å². The molecule has 0 unspecified atom stereocenters. The molecular formula is C14H14ClN3. The van der Waals surface area contributed by atoms with Crippen molar-refractivity contribution in [2.45, 2.75) is 26.8 Å². The van der Waals surface area contributed by atoms with E-state index in [1.54, 1.807) is 6.07 Å². The van der Waals surface area contributed by atoms with Gasteiger partial charge in [-0.15, -0.1) is 0 Å². The van der Waals surface area contributed by atoms with Crippen molar-refractivity contribution in [3.8, 4) is 17.3 Å². The lowest BCUT2D eigenvalue weighted by Gasteiger charge is -2.06. The summed E-state index contributed by atoms with van der Waals surface area (Å²) < 4.78 is 1.92. The third-order valence-corrected chi connectivity index (χ3v) is 3.36. The van der Waals surface area contributed by atoms with Crippen molar-refractivity contribution in [1.82, 2.24) is 9.78 Å². The van der Waals surface area contributed by atoms with Crippen molar-refractivity contribution in [1.29, 1.82) is 5.26 Å². The summed E-state index contributed by atoms with van der Waals surface area (Å²) in [5.74, 6) is 0. The Bertz CT molecular complexity index is 608. The topological polar surface area (TPSA) is 41.6 Å². The molecule has 0 fully saturated rings. The highest BCUT2D eigenvalue weighted by molar-refractivity contribution is 6.32. The van der Waals surface area contributed by atoms with Crippen molar-refractivity contribution in [2.75, 3.05) is 0 Å². The first-order valence-corrected chi connectivity index (χ1v) is 6.28. The van der Waals surface area contributed by atoms with Crippen LogP contribution >= 0.6 is 11.6 Å². The van der Waals surface area contributed by atoms with Gasteiger partial charge in [-0.05, 0) is 31.0 Å². The molecule has 18 heavy (non-hydrogen) atoms. The number of rotatable bonds is 3. The maximum atomic E-state index is 8.92. The number of nitrogens with zero attached hydrogens (tertiary/aromatic N) is 3. The minimum Gasteiger partial charge on any atom is -0.272 e. The SMILES string of the molecule is CCCn1ccc(-c2ccc(C#N)c(Cl)c2C)n1. The number of nitriles is 1. The Morgan fingerprint density at radius 1 is 1.39 bits per heavy atom. The molecule has 1 heterocycles. The fourth-order valence-electron chi connectivity index (χ4n) is 1.91. The van der Waals surface area contributed by atoms with E-state index >= 15 is 0 Å². The molecule has 0 amide bonds. The smallest absolute Gasteiger partial charge is 0.101 e. The highest BCUT2D eigenvalue weighted by atomic mass is 35.5. The molecule has 0 bridgehead atoms. The minimum absolute atomic E-state index is 0.505. The summed E-state index contributed by atoms with van der Waals surface area (Å²) in [5, 5.41) is 13.9. The molecule has 1 aromatic heterocycles. The van der Waals surface area contributed by atoms with Crippen LogP contribution in [-0.2, 0) is 6.54 Å². The average molecular weight is 260 g/mol. The minimum atomic E-state index is 0.505. The largest absolute Gasteiger partial charge is 0.272 e. The monoisotopic (exact) mass is 259 g/mol. The van der Waals surface area contributed by atoms with E-state index in [4.69, 9.17) is 16.9 Å². The second-order valence-electron chi connectivity index (χ2n) is 4.18. The zero-order valence-electron chi connectivity index (χ0n) is 10.4. The standard InChI is InChI=1S/C14H14ClN3/c1-3-7-18-8-6-13(17-18)12-5-4-11(9-16)14(15)10(12)2/h4-6,8H,3,7H2,1-2H3. The Hall–Kier alpha value is -1.79. The van der Waals surface area contributed by atoms with Crippen LogP contribution in [-0.4, -0.2) is 9.78 Å². The van der Waals surface area contributed by atoms with Gasteiger partial charge in [-0.3, -0.25) is 4.68 Å². The second kappa shape index (κ2) is 5.24. The zero-order valence-corrected chi connectivity index (χ0v) is 11.2. The average Bonchev–Trinajstić information content (AvgIpc) is 2.81. The zero-order chi connectivity index (χ0) is 13.1. The Labute approximate surface area is 112 Å². The van der Waals surface area contributed by atoms with Crippen LogP contribution < -0.4 is 0 Å². The molecule has 0 atom stereocenters. The lowest BCUT2D eigenvalue weighted by atomic mass is 10.0. The van der Waals surface area contributed by atoms with Crippen LogP contribution in [0.3, 0.4) is 0 Å². The van der Waals surface area contributed by atoms with Crippen molar-refractivity contribution in [3.05, 3.63) is 40.5 Å². The lowest BCUT2D eigenvalue weighted by molar-refractivity contribution is 0.604. The molecule has 92 valence electrons. The third-order valence-electron chi connectivity index (χ3n) is 2.88. The molecule has 1 aromatic carbocycles. The third kappa shape index (κ3) is 2.25. The first-order chi connectivity index (χ1) is 8.67. The van der Waals surface area contributed by atoms with Gasteiger partial charge in [0.2, 0.25) is 0 Å². The molecule has 0 aliphatic heterocycles. The molecule has 2 rings (SSSR count). The molecule has 0 radical (unpaired) electrons. The summed E-state index contributed by atoms with van der Waals surface area (Å²) >= 11 is 6.16. The van der Waals surface area contributed by atoms with Gasteiger partial charge in [0.05, 0.1) is 16.3 Å². The highest BCUT2D eigenvalue weighted by Gasteiger charge is 2.11. The van der Waals surface area contributed by atoms with Gasteiger partial charge >= 0.3 is 0 Å². The number of aromatic nitrogens is 2. The Kier molecular flexibility index (Phi) is 3.69. The predicted molar refractivity (Wildman–Crippen MR) is 72.4 cm³/mol. The van der Waals surface area contributed by atoms with E-state index in [-0.39, 0.29) is 0 Å². The second-order valence-corrected chi connectivity index (χ2v) is 4.55. The van der Waals surface area contributed by atoms with Gasteiger partial charge in [-0.1, -0.05) is 24.6 Å². The first kappa shape index (κ1) is 12.7. The van der Waals surface area contributed by atoms with Gasteiger partial charge < -0.3 is 0 Å². The number of aryl methyl sites for hydroxylation is 1. The fraction of sp³-hybridized carbons (Fsp3) is 0.286. The van der Waals surface area contributed by atoms with E-state index < -0.39 is 0 Å². The first-order valence-electron chi connectivity index (χ1n) is 5.90. The number of benzene rings is 1. The van der Waals surface area contributed by atoms with E-state index in [1.165, 1.54) is 0 Å². The Balaban J connectivity index is 2.45. The molecule has 3 nitrogen and oxygen atoms in total. The molecule has 4 heteroatoms. The molecule has 0 saturated carbocycles. The summed E-state index contributed by atoms with van der Waals surface area (Å²) in [6.45, 7) is 4.94. The number of hydrogen-bond donors (Lipinski definition) is 0. The van der Waals surface area contributed by atoms with Crippen LogP contribution in [0.2, 0.25) is 5.02 Å². The quantitative estimate of drug-likeness (QED) is 0.841. The molecule has 0 aliphatic rings. The van der Waals surface area contributed by atoms with E-state index in [0.717, 1.165) is 29.8 Å². The van der Waals surface area contributed by atoms with Crippen molar-refractivity contribution >= 4 is 11.6 Å². The summed E-state index contributed by atoms with van der Waals surface area (Å²) in [7, 11) is 0. The summed E-state index contributed by atoms with van der Waals surface area (Å²) in [4.78, 5) is 0. The Morgan fingerprint density at radius 3 is 2.83 bits per heavy atom. The van der Waals surface area contributed by atoms with E-state index in [2.05, 4.69) is 18.1 Å². The van der Waals surface area contributed by atoms with Crippen LogP contribution in [0.1, 0.15) is 24.5 Å². The van der Waals surface area contributed by atoms with E-state index in [9.17, 15) is 0 Å². The maximum absolute atomic E-state index is 8.92. The maximum Gasteiger partial charge on any atom is 0.101 e. The van der Waals surface area contributed by atoms with Gasteiger partial charge in [-0.2, -0.15) is 10.4 Å². The predicted octanol–water partition coefficient (Wildman–Crippen LogP) is 3.79. The molecule has 0 N–H and O–H groups in total. The molecular weight excluding hydrogens is 246 g/mol. The summed E-state index contributed by atoms with van der Waals surface area (Å²) in [5.41, 5.74) is 3.28. The number of halogens is 1. The lowest BCUT2D eigenvalue weighted by Crippen LogP contribution is -1.97.